The molecule has 0 amide bonds. The predicted octanol–water partition coefficient (Wildman–Crippen LogP) is 2.61. The Kier molecular flexibility index (Phi) is 6.47. The Labute approximate surface area is 119 Å². The highest BCUT2D eigenvalue weighted by molar-refractivity contribution is 5.61. The van der Waals surface area contributed by atoms with Gasteiger partial charge in [0.05, 0.1) is 16.2 Å². The second-order valence-corrected chi connectivity index (χ2v) is 4.46. The van der Waals surface area contributed by atoms with E-state index in [1.54, 1.807) is 6.07 Å². The molecule has 0 saturated heterocycles. The fraction of sp³-hybridized carbons (Fsp3) is 0.500. The maximum absolute atomic E-state index is 10.7. The molecule has 0 unspecified atom stereocenters. The first-order chi connectivity index (χ1) is 9.62. The average Bonchev–Trinajstić information content (AvgIpc) is 2.46. The van der Waals surface area contributed by atoms with Crippen molar-refractivity contribution in [3.63, 3.8) is 0 Å². The summed E-state index contributed by atoms with van der Waals surface area (Å²) >= 11 is 0. The van der Waals surface area contributed by atoms with E-state index in [1.165, 1.54) is 12.1 Å². The van der Waals surface area contributed by atoms with Crippen LogP contribution in [0.15, 0.2) is 18.2 Å². The number of nitro groups is 1. The molecule has 0 aliphatic heterocycles. The van der Waals surface area contributed by atoms with Gasteiger partial charge in [0.1, 0.15) is 6.07 Å². The van der Waals surface area contributed by atoms with Crippen molar-refractivity contribution in [3.8, 4) is 6.07 Å². The van der Waals surface area contributed by atoms with Gasteiger partial charge in [0.15, 0.2) is 0 Å². The summed E-state index contributed by atoms with van der Waals surface area (Å²) in [5.74, 6) is 0. The van der Waals surface area contributed by atoms with Gasteiger partial charge in [-0.15, -0.1) is 0 Å². The highest BCUT2D eigenvalue weighted by Gasteiger charge is 2.10. The van der Waals surface area contributed by atoms with Crippen LogP contribution in [-0.2, 0) is 0 Å². The zero-order valence-electron chi connectivity index (χ0n) is 11.9. The summed E-state index contributed by atoms with van der Waals surface area (Å²) in [4.78, 5) is 12.5. The zero-order valence-corrected chi connectivity index (χ0v) is 11.9. The largest absolute Gasteiger partial charge is 0.383 e. The number of non-ortho nitro benzene ring substituents is 1. The molecule has 0 aliphatic carbocycles. The summed E-state index contributed by atoms with van der Waals surface area (Å²) in [7, 11) is 0. The van der Waals surface area contributed by atoms with Gasteiger partial charge in [-0.1, -0.05) is 13.8 Å². The van der Waals surface area contributed by atoms with Gasteiger partial charge in [0, 0.05) is 25.2 Å². The van der Waals surface area contributed by atoms with Gasteiger partial charge in [-0.2, -0.15) is 5.26 Å². The monoisotopic (exact) mass is 276 g/mol. The molecule has 0 radical (unpaired) electrons. The minimum absolute atomic E-state index is 0.0618. The van der Waals surface area contributed by atoms with E-state index < -0.39 is 4.92 Å². The van der Waals surface area contributed by atoms with Crippen LogP contribution in [0, 0.1) is 21.4 Å². The molecule has 0 saturated carbocycles. The molecule has 0 spiro atoms. The highest BCUT2D eigenvalue weighted by Crippen LogP contribution is 2.21. The van der Waals surface area contributed by atoms with Crippen molar-refractivity contribution < 1.29 is 4.92 Å². The zero-order chi connectivity index (χ0) is 15.0. The predicted molar refractivity (Wildman–Crippen MR) is 78.7 cm³/mol. The number of rotatable bonds is 8. The SMILES string of the molecule is CCCN(CC)CCNc1ccc([N+](=O)[O-])cc1C#N. The van der Waals surface area contributed by atoms with Crippen LogP contribution in [0.1, 0.15) is 25.8 Å². The fourth-order valence-corrected chi connectivity index (χ4v) is 1.99. The normalized spacial score (nSPS) is 10.3. The highest BCUT2D eigenvalue weighted by atomic mass is 16.6. The van der Waals surface area contributed by atoms with Gasteiger partial charge >= 0.3 is 0 Å². The van der Waals surface area contributed by atoms with E-state index in [4.69, 9.17) is 5.26 Å². The molecule has 0 atom stereocenters. The summed E-state index contributed by atoms with van der Waals surface area (Å²) in [5, 5.41) is 22.9. The van der Waals surface area contributed by atoms with Gasteiger partial charge in [0.25, 0.3) is 5.69 Å². The lowest BCUT2D eigenvalue weighted by molar-refractivity contribution is -0.384. The second kappa shape index (κ2) is 8.12. The molecule has 1 aromatic carbocycles. The summed E-state index contributed by atoms with van der Waals surface area (Å²) in [6, 6.07) is 6.28. The molecule has 6 heteroatoms. The Morgan fingerprint density at radius 2 is 2.15 bits per heavy atom. The Morgan fingerprint density at radius 3 is 2.70 bits per heavy atom. The average molecular weight is 276 g/mol. The minimum atomic E-state index is -0.495. The molecule has 0 fully saturated rings. The number of nitrogens with one attached hydrogen (secondary N) is 1. The van der Waals surface area contributed by atoms with Crippen molar-refractivity contribution in [1.82, 2.24) is 4.90 Å². The maximum Gasteiger partial charge on any atom is 0.270 e. The standard InChI is InChI=1S/C14H20N4O2/c1-3-8-17(4-2)9-7-16-14-6-5-13(18(19)20)10-12(14)11-15/h5-6,10,16H,3-4,7-9H2,1-2H3. The molecule has 0 bridgehead atoms. The van der Waals surface area contributed by atoms with Crippen molar-refractivity contribution in [3.05, 3.63) is 33.9 Å². The van der Waals surface area contributed by atoms with Gasteiger partial charge < -0.3 is 10.2 Å². The van der Waals surface area contributed by atoms with Crippen LogP contribution < -0.4 is 5.32 Å². The summed E-state index contributed by atoms with van der Waals surface area (Å²) < 4.78 is 0. The van der Waals surface area contributed by atoms with Crippen LogP contribution in [0.25, 0.3) is 0 Å². The number of likely N-dealkylation sites (N-methyl/N-ethyl adjacent to an activating group) is 1. The third-order valence-corrected chi connectivity index (χ3v) is 3.06. The van der Waals surface area contributed by atoms with E-state index in [-0.39, 0.29) is 5.69 Å². The topological polar surface area (TPSA) is 82.2 Å². The number of hydrogen-bond acceptors (Lipinski definition) is 5. The number of hydrogen-bond donors (Lipinski definition) is 1. The van der Waals surface area contributed by atoms with Gasteiger partial charge in [0.2, 0.25) is 0 Å². The molecule has 6 nitrogen and oxygen atoms in total. The molecule has 1 aromatic rings. The van der Waals surface area contributed by atoms with Gasteiger partial charge in [-0.3, -0.25) is 10.1 Å². The molecule has 1 N–H and O–H groups in total. The smallest absolute Gasteiger partial charge is 0.270 e. The van der Waals surface area contributed by atoms with E-state index >= 15 is 0 Å². The Hall–Kier alpha value is -2.13. The van der Waals surface area contributed by atoms with Crippen molar-refractivity contribution in [1.29, 1.82) is 5.26 Å². The molecular formula is C14H20N4O2. The lowest BCUT2D eigenvalue weighted by atomic mass is 10.1. The quantitative estimate of drug-likeness (QED) is 0.583. The van der Waals surface area contributed by atoms with Crippen molar-refractivity contribution in [2.24, 2.45) is 0 Å². The fourth-order valence-electron chi connectivity index (χ4n) is 1.99. The first-order valence-corrected chi connectivity index (χ1v) is 6.77. The van der Waals surface area contributed by atoms with E-state index in [1.807, 2.05) is 6.07 Å². The van der Waals surface area contributed by atoms with Crippen molar-refractivity contribution in [2.45, 2.75) is 20.3 Å². The molecule has 20 heavy (non-hydrogen) atoms. The van der Waals surface area contributed by atoms with Gasteiger partial charge in [-0.05, 0) is 25.6 Å². The number of nitro benzene ring substituents is 1. The summed E-state index contributed by atoms with van der Waals surface area (Å²) in [6.07, 6.45) is 1.11. The van der Waals surface area contributed by atoms with Crippen molar-refractivity contribution >= 4 is 11.4 Å². The lowest BCUT2D eigenvalue weighted by Gasteiger charge is -2.20. The lowest BCUT2D eigenvalue weighted by Crippen LogP contribution is -2.29. The third-order valence-electron chi connectivity index (χ3n) is 3.06. The molecule has 0 aromatic heterocycles. The third kappa shape index (κ3) is 4.52. The maximum atomic E-state index is 10.7. The van der Waals surface area contributed by atoms with Crippen LogP contribution >= 0.6 is 0 Å². The number of anilines is 1. The first-order valence-electron chi connectivity index (χ1n) is 6.77. The molecule has 108 valence electrons. The van der Waals surface area contributed by atoms with Crippen LogP contribution in [0.4, 0.5) is 11.4 Å². The Morgan fingerprint density at radius 1 is 1.40 bits per heavy atom. The van der Waals surface area contributed by atoms with Crippen molar-refractivity contribution in [2.75, 3.05) is 31.5 Å². The van der Waals surface area contributed by atoms with Crippen LogP contribution in [0.2, 0.25) is 0 Å². The van der Waals surface area contributed by atoms with Gasteiger partial charge in [-0.25, -0.2) is 0 Å². The van der Waals surface area contributed by atoms with Crippen LogP contribution in [0.5, 0.6) is 0 Å². The van der Waals surface area contributed by atoms with Crippen LogP contribution in [-0.4, -0.2) is 36.0 Å². The summed E-state index contributed by atoms with van der Waals surface area (Å²) in [6.45, 7) is 7.87. The molecule has 0 heterocycles. The van der Waals surface area contributed by atoms with Crippen LogP contribution in [0.3, 0.4) is 0 Å². The number of nitriles is 1. The number of benzene rings is 1. The second-order valence-electron chi connectivity index (χ2n) is 4.46. The Bertz CT molecular complexity index is 496. The molecular weight excluding hydrogens is 256 g/mol. The number of nitrogens with zero attached hydrogens (tertiary/aromatic N) is 3. The van der Waals surface area contributed by atoms with E-state index in [2.05, 4.69) is 24.1 Å². The van der Waals surface area contributed by atoms with E-state index in [0.717, 1.165) is 26.1 Å². The first kappa shape index (κ1) is 15.9. The molecule has 0 aliphatic rings. The minimum Gasteiger partial charge on any atom is -0.383 e. The van der Waals surface area contributed by atoms with E-state index in [0.29, 0.717) is 17.8 Å². The summed E-state index contributed by atoms with van der Waals surface area (Å²) in [5.41, 5.74) is 0.886. The Balaban J connectivity index is 2.64. The molecule has 1 rings (SSSR count). The van der Waals surface area contributed by atoms with E-state index in [9.17, 15) is 10.1 Å².